The van der Waals surface area contributed by atoms with Gasteiger partial charge >= 0.3 is 0 Å². The Morgan fingerprint density at radius 3 is 3.12 bits per heavy atom. The van der Waals surface area contributed by atoms with Gasteiger partial charge in [0, 0.05) is 29.2 Å². The Morgan fingerprint density at radius 1 is 1.47 bits per heavy atom. The normalized spacial score (nSPS) is 10.9. The van der Waals surface area contributed by atoms with E-state index in [0.717, 1.165) is 23.0 Å². The molecule has 3 N–H and O–H groups in total. The summed E-state index contributed by atoms with van der Waals surface area (Å²) in [7, 11) is 0. The number of hydrazone groups is 1. The highest BCUT2D eigenvalue weighted by Gasteiger charge is 1.99. The van der Waals surface area contributed by atoms with Gasteiger partial charge in [-0.15, -0.1) is 0 Å². The lowest BCUT2D eigenvalue weighted by molar-refractivity contribution is 0.904. The zero-order valence-corrected chi connectivity index (χ0v) is 10.3. The Labute approximate surface area is 105 Å². The van der Waals surface area contributed by atoms with E-state index < -0.39 is 0 Å². The summed E-state index contributed by atoms with van der Waals surface area (Å²) in [4.78, 5) is 3.18. The first-order valence-electron chi connectivity index (χ1n) is 5.44. The van der Waals surface area contributed by atoms with Gasteiger partial charge in [0.05, 0.1) is 6.21 Å². The van der Waals surface area contributed by atoms with Crippen LogP contribution in [0.2, 0.25) is 0 Å². The number of hydrogen-bond donors (Lipinski definition) is 3. The van der Waals surface area contributed by atoms with Crippen LogP contribution in [0.25, 0.3) is 10.9 Å². The van der Waals surface area contributed by atoms with Gasteiger partial charge in [-0.05, 0) is 25.2 Å². The van der Waals surface area contributed by atoms with Gasteiger partial charge in [0.2, 0.25) is 0 Å². The molecule has 2 aromatic rings. The van der Waals surface area contributed by atoms with E-state index in [4.69, 9.17) is 12.2 Å². The van der Waals surface area contributed by atoms with Crippen molar-refractivity contribution >= 4 is 34.4 Å². The molecule has 0 bridgehead atoms. The average Bonchev–Trinajstić information content (AvgIpc) is 2.73. The first-order chi connectivity index (χ1) is 8.31. The second-order valence-corrected chi connectivity index (χ2v) is 3.93. The minimum absolute atomic E-state index is 0.531. The van der Waals surface area contributed by atoms with Gasteiger partial charge < -0.3 is 10.3 Å². The summed E-state index contributed by atoms with van der Waals surface area (Å²) in [6.45, 7) is 2.77. The fourth-order valence-electron chi connectivity index (χ4n) is 1.56. The number of aromatic amines is 1. The average molecular weight is 246 g/mol. The van der Waals surface area contributed by atoms with Crippen LogP contribution in [0, 0.1) is 0 Å². The molecule has 0 unspecified atom stereocenters. The third-order valence-electron chi connectivity index (χ3n) is 2.33. The molecule has 1 aromatic carbocycles. The molecule has 2 rings (SSSR count). The lowest BCUT2D eigenvalue weighted by Gasteiger charge is -2.02. The molecule has 0 atom stereocenters. The lowest BCUT2D eigenvalue weighted by Crippen LogP contribution is -2.31. The van der Waals surface area contributed by atoms with E-state index in [2.05, 4.69) is 26.9 Å². The number of H-pyrrole nitrogens is 1. The Hall–Kier alpha value is -1.88. The summed E-state index contributed by atoms with van der Waals surface area (Å²) < 4.78 is 0. The molecule has 17 heavy (non-hydrogen) atoms. The van der Waals surface area contributed by atoms with Crippen molar-refractivity contribution in [1.29, 1.82) is 0 Å². The fraction of sp³-hybridized carbons (Fsp3) is 0.167. The van der Waals surface area contributed by atoms with Crippen LogP contribution in [0.1, 0.15) is 12.5 Å². The van der Waals surface area contributed by atoms with Gasteiger partial charge in [0.1, 0.15) is 0 Å². The second kappa shape index (κ2) is 5.45. The summed E-state index contributed by atoms with van der Waals surface area (Å²) in [5, 5.41) is 8.72. The van der Waals surface area contributed by atoms with Gasteiger partial charge in [0.15, 0.2) is 5.11 Å². The number of para-hydroxylation sites is 1. The Kier molecular flexibility index (Phi) is 3.72. The van der Waals surface area contributed by atoms with Gasteiger partial charge in [0.25, 0.3) is 0 Å². The highest BCUT2D eigenvalue weighted by molar-refractivity contribution is 7.80. The number of nitrogens with zero attached hydrogens (tertiary/aromatic N) is 1. The Bertz CT molecular complexity index is 544. The van der Waals surface area contributed by atoms with E-state index in [1.54, 1.807) is 6.21 Å². The molecule has 0 saturated carbocycles. The molecule has 4 nitrogen and oxygen atoms in total. The van der Waals surface area contributed by atoms with Crippen molar-refractivity contribution in [2.75, 3.05) is 6.54 Å². The monoisotopic (exact) mass is 246 g/mol. The minimum atomic E-state index is 0.531. The summed E-state index contributed by atoms with van der Waals surface area (Å²) in [5.74, 6) is 0. The molecule has 0 aliphatic heterocycles. The maximum atomic E-state index is 5.00. The van der Waals surface area contributed by atoms with Crippen molar-refractivity contribution in [2.45, 2.75) is 6.92 Å². The molecule has 0 amide bonds. The van der Waals surface area contributed by atoms with E-state index in [9.17, 15) is 0 Å². The van der Waals surface area contributed by atoms with Crippen molar-refractivity contribution in [1.82, 2.24) is 15.7 Å². The Morgan fingerprint density at radius 2 is 2.29 bits per heavy atom. The predicted molar refractivity (Wildman–Crippen MR) is 75.3 cm³/mol. The van der Waals surface area contributed by atoms with Gasteiger partial charge in [-0.1, -0.05) is 18.2 Å². The summed E-state index contributed by atoms with van der Waals surface area (Å²) >= 11 is 5.00. The molecule has 0 aliphatic carbocycles. The number of benzene rings is 1. The number of hydrogen-bond acceptors (Lipinski definition) is 2. The largest absolute Gasteiger partial charge is 0.362 e. The molecule has 1 heterocycles. The summed E-state index contributed by atoms with van der Waals surface area (Å²) in [5.41, 5.74) is 4.90. The maximum absolute atomic E-state index is 5.00. The molecular weight excluding hydrogens is 232 g/mol. The first-order valence-corrected chi connectivity index (χ1v) is 5.85. The lowest BCUT2D eigenvalue weighted by atomic mass is 10.2. The first kappa shape index (κ1) is 11.6. The van der Waals surface area contributed by atoms with Crippen LogP contribution in [-0.4, -0.2) is 22.9 Å². The summed E-state index contributed by atoms with van der Waals surface area (Å²) in [6.07, 6.45) is 3.68. The zero-order chi connectivity index (χ0) is 12.1. The number of fused-ring (bicyclic) bond motifs is 1. The molecule has 0 radical (unpaired) electrons. The third kappa shape index (κ3) is 2.82. The minimum Gasteiger partial charge on any atom is -0.362 e. The van der Waals surface area contributed by atoms with Crippen molar-refractivity contribution in [2.24, 2.45) is 5.10 Å². The Balaban J connectivity index is 2.08. The molecule has 0 aliphatic rings. The van der Waals surface area contributed by atoms with Crippen molar-refractivity contribution < 1.29 is 0 Å². The van der Waals surface area contributed by atoms with E-state index in [1.807, 2.05) is 31.3 Å². The van der Waals surface area contributed by atoms with E-state index >= 15 is 0 Å². The smallest absolute Gasteiger partial charge is 0.186 e. The highest BCUT2D eigenvalue weighted by atomic mass is 32.1. The van der Waals surface area contributed by atoms with Crippen molar-refractivity contribution in [3.8, 4) is 0 Å². The van der Waals surface area contributed by atoms with Crippen LogP contribution in [0.5, 0.6) is 0 Å². The van der Waals surface area contributed by atoms with Crippen molar-refractivity contribution in [3.63, 3.8) is 0 Å². The third-order valence-corrected chi connectivity index (χ3v) is 2.56. The second-order valence-electron chi connectivity index (χ2n) is 3.52. The van der Waals surface area contributed by atoms with E-state index in [1.165, 1.54) is 0 Å². The molecular formula is C12H14N4S. The van der Waals surface area contributed by atoms with Gasteiger partial charge in [-0.25, -0.2) is 0 Å². The molecule has 0 fully saturated rings. The van der Waals surface area contributed by atoms with Crippen LogP contribution in [0.15, 0.2) is 35.6 Å². The summed E-state index contributed by atoms with van der Waals surface area (Å²) in [6, 6.07) is 8.09. The number of rotatable bonds is 3. The topological polar surface area (TPSA) is 52.2 Å². The van der Waals surface area contributed by atoms with Gasteiger partial charge in [-0.3, -0.25) is 5.43 Å². The van der Waals surface area contributed by atoms with Crippen LogP contribution in [-0.2, 0) is 0 Å². The van der Waals surface area contributed by atoms with E-state index in [-0.39, 0.29) is 0 Å². The van der Waals surface area contributed by atoms with Crippen LogP contribution < -0.4 is 10.7 Å². The molecule has 5 heteroatoms. The molecule has 1 aromatic heterocycles. The molecule has 88 valence electrons. The van der Waals surface area contributed by atoms with Crippen LogP contribution in [0.4, 0.5) is 0 Å². The predicted octanol–water partition coefficient (Wildman–Crippen LogP) is 1.99. The van der Waals surface area contributed by atoms with Gasteiger partial charge in [-0.2, -0.15) is 5.10 Å². The highest BCUT2D eigenvalue weighted by Crippen LogP contribution is 2.15. The standard InChI is InChI=1S/C12H14N4S/c1-2-13-12(17)16-15-8-9-7-14-11-6-4-3-5-10(9)11/h3-8,14H,2H2,1H3,(H2,13,16,17)/b15-8-. The molecule has 0 spiro atoms. The SMILES string of the molecule is CCNC(=S)N/N=C\c1c[nH]c2ccccc12. The quantitative estimate of drug-likeness (QED) is 0.441. The van der Waals surface area contributed by atoms with Crippen molar-refractivity contribution in [3.05, 3.63) is 36.0 Å². The number of thiocarbonyl (C=S) groups is 1. The zero-order valence-electron chi connectivity index (χ0n) is 9.53. The van der Waals surface area contributed by atoms with E-state index in [0.29, 0.717) is 5.11 Å². The maximum Gasteiger partial charge on any atom is 0.186 e. The molecule has 0 saturated heterocycles. The number of nitrogens with one attached hydrogen (secondary N) is 3. The number of aromatic nitrogens is 1. The fourth-order valence-corrected chi connectivity index (χ4v) is 1.76. The van der Waals surface area contributed by atoms with Crippen LogP contribution in [0.3, 0.4) is 0 Å². The van der Waals surface area contributed by atoms with Crippen LogP contribution >= 0.6 is 12.2 Å².